The van der Waals surface area contributed by atoms with Crippen LogP contribution in [-0.2, 0) is 10.8 Å². The molecule has 0 aliphatic heterocycles. The summed E-state index contributed by atoms with van der Waals surface area (Å²) >= 11 is 0. The Hall–Kier alpha value is 0.0700. The molecular formula is C8H20N2OS. The minimum atomic E-state index is -0.733. The molecule has 0 rings (SSSR count). The molecule has 0 aliphatic rings. The summed E-state index contributed by atoms with van der Waals surface area (Å²) < 4.78 is 11.4. The van der Waals surface area contributed by atoms with Gasteiger partial charge < -0.3 is 10.6 Å². The third-order valence-electron chi connectivity index (χ3n) is 1.73. The fourth-order valence-corrected chi connectivity index (χ4v) is 1.86. The molecule has 0 aromatic rings. The Bertz CT molecular complexity index is 139. The second-order valence-corrected chi connectivity index (χ2v) is 5.26. The Balaban J connectivity index is 3.44. The van der Waals surface area contributed by atoms with Gasteiger partial charge in [0, 0.05) is 28.3 Å². The van der Waals surface area contributed by atoms with E-state index < -0.39 is 10.8 Å². The van der Waals surface area contributed by atoms with Gasteiger partial charge in [0.2, 0.25) is 0 Å². The minimum Gasteiger partial charge on any atom is -0.329 e. The average Bonchev–Trinajstić information content (AvgIpc) is 2.02. The quantitative estimate of drug-likeness (QED) is 0.646. The van der Waals surface area contributed by atoms with Crippen LogP contribution in [0, 0.1) is 0 Å². The molecule has 0 saturated carbocycles. The largest absolute Gasteiger partial charge is 0.329 e. The number of hydrogen-bond donors (Lipinski definition) is 1. The molecule has 2 atom stereocenters. The molecule has 0 aromatic heterocycles. The zero-order valence-electron chi connectivity index (χ0n) is 8.25. The van der Waals surface area contributed by atoms with Crippen LogP contribution in [0.5, 0.6) is 0 Å². The molecule has 0 aliphatic carbocycles. The van der Waals surface area contributed by atoms with Gasteiger partial charge in [0.1, 0.15) is 0 Å². The topological polar surface area (TPSA) is 46.3 Å². The van der Waals surface area contributed by atoms with Crippen LogP contribution in [0.4, 0.5) is 0 Å². The molecule has 0 heterocycles. The van der Waals surface area contributed by atoms with Crippen molar-refractivity contribution in [2.45, 2.75) is 18.6 Å². The van der Waals surface area contributed by atoms with Crippen molar-refractivity contribution in [3.63, 3.8) is 0 Å². The number of rotatable bonds is 6. The van der Waals surface area contributed by atoms with Gasteiger partial charge in [-0.3, -0.25) is 4.21 Å². The monoisotopic (exact) mass is 192 g/mol. The van der Waals surface area contributed by atoms with Crippen molar-refractivity contribution in [2.75, 3.05) is 32.9 Å². The van der Waals surface area contributed by atoms with E-state index in [1.54, 1.807) is 0 Å². The van der Waals surface area contributed by atoms with E-state index in [1.165, 1.54) is 0 Å². The number of hydrogen-bond acceptors (Lipinski definition) is 3. The van der Waals surface area contributed by atoms with Crippen LogP contribution in [0.15, 0.2) is 0 Å². The first-order chi connectivity index (χ1) is 5.57. The molecule has 0 bridgehead atoms. The van der Waals surface area contributed by atoms with E-state index in [9.17, 15) is 4.21 Å². The zero-order valence-corrected chi connectivity index (χ0v) is 9.06. The molecule has 74 valence electrons. The van der Waals surface area contributed by atoms with Crippen LogP contribution in [0.3, 0.4) is 0 Å². The molecular weight excluding hydrogens is 172 g/mol. The highest BCUT2D eigenvalue weighted by Crippen LogP contribution is 1.96. The lowest BCUT2D eigenvalue weighted by atomic mass is 10.5. The third-order valence-corrected chi connectivity index (χ3v) is 3.51. The highest BCUT2D eigenvalue weighted by atomic mass is 32.2. The summed E-state index contributed by atoms with van der Waals surface area (Å²) in [4.78, 5) is 2.10. The van der Waals surface area contributed by atoms with Gasteiger partial charge in [0.05, 0.1) is 0 Å². The molecule has 2 N–H and O–H groups in total. The summed E-state index contributed by atoms with van der Waals surface area (Å²) in [6, 6.07) is 0. The zero-order chi connectivity index (χ0) is 9.56. The predicted molar refractivity (Wildman–Crippen MR) is 54.7 cm³/mol. The summed E-state index contributed by atoms with van der Waals surface area (Å²) in [5.74, 6) is 0.774. The first kappa shape index (κ1) is 12.1. The van der Waals surface area contributed by atoms with Gasteiger partial charge in [0.15, 0.2) is 0 Å². The molecule has 0 aromatic carbocycles. The SMILES string of the molecule is CC(CN)S(=O)CCCN(C)C. The van der Waals surface area contributed by atoms with Crippen molar-refractivity contribution in [1.82, 2.24) is 4.90 Å². The highest BCUT2D eigenvalue weighted by Gasteiger charge is 2.07. The van der Waals surface area contributed by atoms with Gasteiger partial charge in [-0.05, 0) is 34.0 Å². The summed E-state index contributed by atoms with van der Waals surface area (Å²) in [6.07, 6.45) is 0.990. The second-order valence-electron chi connectivity index (χ2n) is 3.29. The summed E-state index contributed by atoms with van der Waals surface area (Å²) in [5.41, 5.74) is 5.40. The molecule has 3 nitrogen and oxygen atoms in total. The van der Waals surface area contributed by atoms with Gasteiger partial charge >= 0.3 is 0 Å². The van der Waals surface area contributed by atoms with Gasteiger partial charge in [-0.1, -0.05) is 0 Å². The highest BCUT2D eigenvalue weighted by molar-refractivity contribution is 7.85. The van der Waals surface area contributed by atoms with Crippen molar-refractivity contribution in [3.8, 4) is 0 Å². The fraction of sp³-hybridized carbons (Fsp3) is 1.00. The van der Waals surface area contributed by atoms with Gasteiger partial charge in [0.25, 0.3) is 0 Å². The predicted octanol–water partition coefficient (Wildman–Crippen LogP) is 0.0340. The maximum atomic E-state index is 11.4. The van der Waals surface area contributed by atoms with E-state index in [4.69, 9.17) is 5.73 Å². The molecule has 0 amide bonds. The van der Waals surface area contributed by atoms with Crippen LogP contribution in [-0.4, -0.2) is 47.3 Å². The van der Waals surface area contributed by atoms with E-state index in [0.717, 1.165) is 18.7 Å². The summed E-state index contributed by atoms with van der Waals surface area (Å²) in [7, 11) is 3.31. The lowest BCUT2D eigenvalue weighted by Crippen LogP contribution is -2.25. The average molecular weight is 192 g/mol. The van der Waals surface area contributed by atoms with Crippen LogP contribution in [0.1, 0.15) is 13.3 Å². The molecule has 0 saturated heterocycles. The molecule has 4 heteroatoms. The van der Waals surface area contributed by atoms with Gasteiger partial charge in [-0.15, -0.1) is 0 Å². The summed E-state index contributed by atoms with van der Waals surface area (Å²) in [6.45, 7) is 3.46. The van der Waals surface area contributed by atoms with Gasteiger partial charge in [-0.2, -0.15) is 0 Å². The van der Waals surface area contributed by atoms with Gasteiger partial charge in [-0.25, -0.2) is 0 Å². The van der Waals surface area contributed by atoms with E-state index in [1.807, 2.05) is 21.0 Å². The van der Waals surface area contributed by atoms with Crippen LogP contribution >= 0.6 is 0 Å². The Labute approximate surface area is 77.8 Å². The van der Waals surface area contributed by atoms with Crippen molar-refractivity contribution >= 4 is 10.8 Å². The Morgan fingerprint density at radius 2 is 2.08 bits per heavy atom. The second kappa shape index (κ2) is 6.57. The fourth-order valence-electron chi connectivity index (χ4n) is 0.832. The number of nitrogens with two attached hydrogens (primary N) is 1. The maximum absolute atomic E-state index is 11.4. The van der Waals surface area contributed by atoms with E-state index in [0.29, 0.717) is 6.54 Å². The summed E-state index contributed by atoms with van der Waals surface area (Å²) in [5, 5.41) is 0.146. The molecule has 0 fully saturated rings. The first-order valence-electron chi connectivity index (χ1n) is 4.30. The lowest BCUT2D eigenvalue weighted by Gasteiger charge is -2.11. The molecule has 2 unspecified atom stereocenters. The van der Waals surface area contributed by atoms with E-state index >= 15 is 0 Å². The molecule has 0 spiro atoms. The van der Waals surface area contributed by atoms with Crippen molar-refractivity contribution in [1.29, 1.82) is 0 Å². The Kier molecular flexibility index (Phi) is 6.61. The standard InChI is InChI=1S/C8H20N2OS/c1-8(7-9)12(11)6-4-5-10(2)3/h8H,4-7,9H2,1-3H3. The van der Waals surface area contributed by atoms with Crippen molar-refractivity contribution < 1.29 is 4.21 Å². The maximum Gasteiger partial charge on any atom is 0.0442 e. The van der Waals surface area contributed by atoms with E-state index in [-0.39, 0.29) is 5.25 Å². The van der Waals surface area contributed by atoms with E-state index in [2.05, 4.69) is 4.90 Å². The number of nitrogens with zero attached hydrogens (tertiary/aromatic N) is 1. The van der Waals surface area contributed by atoms with Crippen molar-refractivity contribution in [2.24, 2.45) is 5.73 Å². The molecule has 12 heavy (non-hydrogen) atoms. The Morgan fingerprint density at radius 3 is 2.50 bits per heavy atom. The van der Waals surface area contributed by atoms with Crippen LogP contribution < -0.4 is 5.73 Å². The van der Waals surface area contributed by atoms with Crippen molar-refractivity contribution in [3.05, 3.63) is 0 Å². The van der Waals surface area contributed by atoms with Crippen LogP contribution in [0.2, 0.25) is 0 Å². The normalized spacial score (nSPS) is 16.4. The smallest absolute Gasteiger partial charge is 0.0442 e. The first-order valence-corrected chi connectivity index (χ1v) is 5.68. The van der Waals surface area contributed by atoms with Crippen LogP contribution in [0.25, 0.3) is 0 Å². The molecule has 0 radical (unpaired) electrons. The Morgan fingerprint density at radius 1 is 1.50 bits per heavy atom. The third kappa shape index (κ3) is 5.69. The lowest BCUT2D eigenvalue weighted by molar-refractivity contribution is 0.409. The minimum absolute atomic E-state index is 0.146.